The molecule has 0 radical (unpaired) electrons. The fourth-order valence-electron chi connectivity index (χ4n) is 3.63. The lowest BCUT2D eigenvalue weighted by molar-refractivity contribution is -0.137. The van der Waals surface area contributed by atoms with Gasteiger partial charge in [-0.1, -0.05) is 43.3 Å². The lowest BCUT2D eigenvalue weighted by Gasteiger charge is -2.12. The van der Waals surface area contributed by atoms with Gasteiger partial charge in [0.15, 0.2) is 0 Å². The van der Waals surface area contributed by atoms with E-state index in [1.165, 1.54) is 16.8 Å². The highest BCUT2D eigenvalue weighted by molar-refractivity contribution is 6.04. The Labute approximate surface area is 176 Å². The van der Waals surface area contributed by atoms with E-state index in [0.717, 1.165) is 29.0 Å². The molecule has 0 unspecified atom stereocenters. The molecule has 2 aromatic carbocycles. The van der Waals surface area contributed by atoms with Gasteiger partial charge in [0.1, 0.15) is 11.9 Å². The number of rotatable bonds is 5. The van der Waals surface area contributed by atoms with Crippen LogP contribution in [0.2, 0.25) is 0 Å². The lowest BCUT2D eigenvalue weighted by atomic mass is 10.0. The number of amides is 2. The summed E-state index contributed by atoms with van der Waals surface area (Å²) < 4.78 is 40.2. The van der Waals surface area contributed by atoms with E-state index in [1.54, 1.807) is 0 Å². The average Bonchev–Trinajstić information content (AvgIpc) is 3.23. The molecule has 2 N–H and O–H groups in total. The number of halogens is 3. The number of fused-ring (bicyclic) bond motifs is 1. The Balaban J connectivity index is 1.57. The molecule has 9 heteroatoms. The molecule has 0 fully saturated rings. The van der Waals surface area contributed by atoms with E-state index in [2.05, 4.69) is 15.7 Å². The molecule has 1 aliphatic heterocycles. The molecule has 2 heterocycles. The first kappa shape index (κ1) is 20.6. The Morgan fingerprint density at radius 1 is 1.16 bits per heavy atom. The van der Waals surface area contributed by atoms with Gasteiger partial charge in [-0.25, -0.2) is 4.68 Å². The zero-order valence-electron chi connectivity index (χ0n) is 16.5. The van der Waals surface area contributed by atoms with Gasteiger partial charge < -0.3 is 10.6 Å². The van der Waals surface area contributed by atoms with Crippen molar-refractivity contribution in [3.8, 4) is 11.1 Å². The smallest absolute Gasteiger partial charge is 0.326 e. The van der Waals surface area contributed by atoms with E-state index in [9.17, 15) is 22.8 Å². The minimum Gasteiger partial charge on any atom is -0.326 e. The maximum Gasteiger partial charge on any atom is 0.416 e. The SMILES string of the molecule is CCc1nn2c(c1-c1ccccc1)NC(=O)[C@@H]2CC(=O)Nc1cccc(C(F)(F)F)c1. The fourth-order valence-corrected chi connectivity index (χ4v) is 3.63. The highest BCUT2D eigenvalue weighted by Crippen LogP contribution is 2.38. The topological polar surface area (TPSA) is 76.0 Å². The van der Waals surface area contributed by atoms with Crippen LogP contribution in [0.4, 0.5) is 24.7 Å². The number of nitrogens with zero attached hydrogens (tertiary/aromatic N) is 2. The summed E-state index contributed by atoms with van der Waals surface area (Å²) in [6.45, 7) is 1.95. The van der Waals surface area contributed by atoms with E-state index in [-0.39, 0.29) is 18.0 Å². The highest BCUT2D eigenvalue weighted by atomic mass is 19.4. The molecule has 0 saturated heterocycles. The zero-order chi connectivity index (χ0) is 22.2. The summed E-state index contributed by atoms with van der Waals surface area (Å²) >= 11 is 0. The third-order valence-electron chi connectivity index (χ3n) is 5.07. The molecule has 1 aromatic heterocycles. The largest absolute Gasteiger partial charge is 0.416 e. The molecule has 6 nitrogen and oxygen atoms in total. The Bertz CT molecular complexity index is 1140. The first-order valence-corrected chi connectivity index (χ1v) is 9.72. The molecule has 4 rings (SSSR count). The molecule has 0 aliphatic carbocycles. The molecule has 31 heavy (non-hydrogen) atoms. The van der Waals surface area contributed by atoms with Crippen LogP contribution in [-0.4, -0.2) is 21.6 Å². The molecule has 160 valence electrons. The number of aromatic nitrogens is 2. The van der Waals surface area contributed by atoms with Crippen LogP contribution >= 0.6 is 0 Å². The third-order valence-corrected chi connectivity index (χ3v) is 5.07. The van der Waals surface area contributed by atoms with Crippen LogP contribution in [0, 0.1) is 0 Å². The molecule has 0 spiro atoms. The minimum absolute atomic E-state index is 0.0122. The highest BCUT2D eigenvalue weighted by Gasteiger charge is 2.37. The number of hydrogen-bond acceptors (Lipinski definition) is 3. The zero-order valence-corrected chi connectivity index (χ0v) is 16.5. The van der Waals surface area contributed by atoms with Gasteiger partial charge in [0.25, 0.3) is 5.91 Å². The maximum atomic E-state index is 12.9. The fraction of sp³-hybridized carbons (Fsp3) is 0.227. The van der Waals surface area contributed by atoms with Gasteiger partial charge in [-0.3, -0.25) is 9.59 Å². The van der Waals surface area contributed by atoms with Crippen LogP contribution < -0.4 is 10.6 Å². The molecule has 1 aliphatic rings. The Kier molecular flexibility index (Phi) is 5.26. The van der Waals surface area contributed by atoms with Gasteiger partial charge in [0.05, 0.1) is 17.7 Å². The molecule has 3 aromatic rings. The van der Waals surface area contributed by atoms with Crippen molar-refractivity contribution in [1.29, 1.82) is 0 Å². The number of anilines is 2. The first-order chi connectivity index (χ1) is 14.8. The number of carbonyl (C=O) groups excluding carboxylic acids is 2. The van der Waals surface area contributed by atoms with Crippen molar-refractivity contribution < 1.29 is 22.8 Å². The number of carbonyl (C=O) groups is 2. The van der Waals surface area contributed by atoms with E-state index >= 15 is 0 Å². The van der Waals surface area contributed by atoms with E-state index in [4.69, 9.17) is 0 Å². The quantitative estimate of drug-likeness (QED) is 0.621. The monoisotopic (exact) mass is 428 g/mol. The van der Waals surface area contributed by atoms with Gasteiger partial charge in [-0.2, -0.15) is 18.3 Å². The standard InChI is InChI=1S/C22H19F3N4O2/c1-2-16-19(13-7-4-3-5-8-13)20-27-21(31)17(29(20)28-16)12-18(30)26-15-10-6-9-14(11-15)22(23,24)25/h3-11,17H,2,12H2,1H3,(H,26,30)(H,27,31)/t17-/m0/s1. The summed E-state index contributed by atoms with van der Waals surface area (Å²) in [5.41, 5.74) is 1.63. The molecule has 0 bridgehead atoms. The van der Waals surface area contributed by atoms with Crippen molar-refractivity contribution in [3.63, 3.8) is 0 Å². The predicted octanol–water partition coefficient (Wildman–Crippen LogP) is 4.65. The van der Waals surface area contributed by atoms with Crippen LogP contribution in [0.5, 0.6) is 0 Å². The first-order valence-electron chi connectivity index (χ1n) is 9.72. The third kappa shape index (κ3) is 4.03. The van der Waals surface area contributed by atoms with E-state index in [0.29, 0.717) is 12.2 Å². The summed E-state index contributed by atoms with van der Waals surface area (Å²) in [6, 6.07) is 13.0. The second kappa shape index (κ2) is 7.90. The maximum absolute atomic E-state index is 12.9. The van der Waals surface area contributed by atoms with Crippen LogP contribution in [0.3, 0.4) is 0 Å². The van der Waals surface area contributed by atoms with Crippen LogP contribution in [-0.2, 0) is 22.2 Å². The summed E-state index contributed by atoms with van der Waals surface area (Å²) in [5, 5.41) is 9.77. The number of benzene rings is 2. The summed E-state index contributed by atoms with van der Waals surface area (Å²) in [6.07, 6.45) is -4.14. The van der Waals surface area contributed by atoms with Crippen molar-refractivity contribution in [3.05, 3.63) is 65.9 Å². The molecule has 1 atom stereocenters. The molecule has 0 saturated carbocycles. The van der Waals surface area contributed by atoms with Crippen LogP contribution in [0.15, 0.2) is 54.6 Å². The molecule has 2 amide bonds. The van der Waals surface area contributed by atoms with Gasteiger partial charge in [-0.05, 0) is 30.2 Å². The summed E-state index contributed by atoms with van der Waals surface area (Å²) in [5.74, 6) is -0.450. The van der Waals surface area contributed by atoms with Crippen molar-refractivity contribution in [2.45, 2.75) is 32.0 Å². The Hall–Kier alpha value is -3.62. The summed E-state index contributed by atoms with van der Waals surface area (Å²) in [7, 11) is 0. The van der Waals surface area contributed by atoms with Crippen molar-refractivity contribution >= 4 is 23.3 Å². The number of hydrogen-bond donors (Lipinski definition) is 2. The van der Waals surface area contributed by atoms with E-state index < -0.39 is 23.7 Å². The van der Waals surface area contributed by atoms with E-state index in [1.807, 2.05) is 37.3 Å². The second-order valence-electron chi connectivity index (χ2n) is 7.17. The summed E-state index contributed by atoms with van der Waals surface area (Å²) in [4.78, 5) is 25.1. The van der Waals surface area contributed by atoms with Crippen LogP contribution in [0.25, 0.3) is 11.1 Å². The number of aryl methyl sites for hydroxylation is 1. The van der Waals surface area contributed by atoms with Crippen molar-refractivity contribution in [2.75, 3.05) is 10.6 Å². The number of alkyl halides is 3. The molecular weight excluding hydrogens is 409 g/mol. The van der Waals surface area contributed by atoms with Crippen LogP contribution in [0.1, 0.15) is 30.6 Å². The van der Waals surface area contributed by atoms with Gasteiger partial charge in [-0.15, -0.1) is 0 Å². The van der Waals surface area contributed by atoms with Gasteiger partial charge in [0.2, 0.25) is 5.91 Å². The Morgan fingerprint density at radius 3 is 2.58 bits per heavy atom. The minimum atomic E-state index is -4.51. The van der Waals surface area contributed by atoms with Crippen molar-refractivity contribution in [2.24, 2.45) is 0 Å². The second-order valence-corrected chi connectivity index (χ2v) is 7.17. The Morgan fingerprint density at radius 2 is 1.90 bits per heavy atom. The number of nitrogens with one attached hydrogen (secondary N) is 2. The molecular formula is C22H19F3N4O2. The van der Waals surface area contributed by atoms with Crippen molar-refractivity contribution in [1.82, 2.24) is 9.78 Å². The lowest BCUT2D eigenvalue weighted by Crippen LogP contribution is -2.24. The van der Waals surface area contributed by atoms with Gasteiger partial charge in [0, 0.05) is 11.3 Å². The normalized spacial score (nSPS) is 15.5. The van der Waals surface area contributed by atoms with Gasteiger partial charge >= 0.3 is 6.18 Å². The average molecular weight is 428 g/mol. The predicted molar refractivity (Wildman–Crippen MR) is 109 cm³/mol.